The Morgan fingerprint density at radius 3 is 2.44 bits per heavy atom. The fourth-order valence-electron chi connectivity index (χ4n) is 1.81. The van der Waals surface area contributed by atoms with Gasteiger partial charge in [-0.15, -0.1) is 11.6 Å². The molecule has 1 aromatic carbocycles. The van der Waals surface area contributed by atoms with E-state index in [2.05, 4.69) is 5.10 Å². The molecular weight excluding hydrogens is 274 g/mol. The maximum absolute atomic E-state index is 12.8. The second-order valence-corrected chi connectivity index (χ2v) is 4.61. The van der Waals surface area contributed by atoms with Crippen molar-refractivity contribution in [3.8, 4) is 0 Å². The molecule has 0 aliphatic carbocycles. The normalized spacial score (nSPS) is 10.9. The fraction of sp³-hybridized carbons (Fsp3) is 0.308. The summed E-state index contributed by atoms with van der Waals surface area (Å²) >= 11 is 12.1. The van der Waals surface area contributed by atoms with Crippen LogP contribution in [0.1, 0.15) is 23.7 Å². The highest BCUT2D eigenvalue weighted by molar-refractivity contribution is 6.31. The molecule has 0 N–H and O–H groups in total. The van der Waals surface area contributed by atoms with Crippen LogP contribution in [0.5, 0.6) is 0 Å². The first-order chi connectivity index (χ1) is 8.65. The minimum atomic E-state index is -0.249. The Labute approximate surface area is 115 Å². The zero-order valence-electron chi connectivity index (χ0n) is 9.96. The Morgan fingerprint density at radius 1 is 1.28 bits per heavy atom. The highest BCUT2D eigenvalue weighted by Gasteiger charge is 2.14. The molecular formula is C13H13Cl2FN2. The second-order valence-electron chi connectivity index (χ2n) is 3.99. The van der Waals surface area contributed by atoms with E-state index in [4.69, 9.17) is 23.2 Å². The maximum Gasteiger partial charge on any atom is 0.132 e. The summed E-state index contributed by atoms with van der Waals surface area (Å²) in [7, 11) is 0. The van der Waals surface area contributed by atoms with Gasteiger partial charge in [0.15, 0.2) is 0 Å². The van der Waals surface area contributed by atoms with Gasteiger partial charge in [-0.05, 0) is 24.1 Å². The van der Waals surface area contributed by atoms with Gasteiger partial charge in [0.25, 0.3) is 0 Å². The van der Waals surface area contributed by atoms with Gasteiger partial charge >= 0.3 is 0 Å². The molecule has 0 radical (unpaired) electrons. The predicted octanol–water partition coefficient (Wildman–Crippen LogP) is 4.03. The summed E-state index contributed by atoms with van der Waals surface area (Å²) in [5.41, 5.74) is 2.74. The van der Waals surface area contributed by atoms with Crippen LogP contribution in [0.25, 0.3) is 0 Å². The third-order valence-electron chi connectivity index (χ3n) is 2.78. The third-order valence-corrected chi connectivity index (χ3v) is 3.47. The van der Waals surface area contributed by atoms with Gasteiger partial charge in [0.2, 0.25) is 0 Å². The molecule has 0 fully saturated rings. The van der Waals surface area contributed by atoms with Crippen LogP contribution in [0.4, 0.5) is 4.39 Å². The smallest absolute Gasteiger partial charge is 0.132 e. The Morgan fingerprint density at radius 2 is 1.94 bits per heavy atom. The van der Waals surface area contributed by atoms with Crippen LogP contribution in [0, 0.1) is 5.82 Å². The summed E-state index contributed by atoms with van der Waals surface area (Å²) < 4.78 is 14.5. The van der Waals surface area contributed by atoms with Crippen molar-refractivity contribution < 1.29 is 4.39 Å². The number of nitrogens with zero attached hydrogens (tertiary/aromatic N) is 2. The minimum absolute atomic E-state index is 0.249. The molecule has 0 saturated carbocycles. The summed E-state index contributed by atoms with van der Waals surface area (Å²) in [5, 5.41) is 4.98. The van der Waals surface area contributed by atoms with Crippen LogP contribution in [0.15, 0.2) is 24.3 Å². The molecule has 5 heteroatoms. The quantitative estimate of drug-likeness (QED) is 0.776. The highest BCUT2D eigenvalue weighted by atomic mass is 35.5. The summed E-state index contributed by atoms with van der Waals surface area (Å²) in [6.45, 7) is 2.53. The van der Waals surface area contributed by atoms with Gasteiger partial charge in [0.05, 0.1) is 18.1 Å². The first kappa shape index (κ1) is 13.4. The van der Waals surface area contributed by atoms with Gasteiger partial charge in [0.1, 0.15) is 11.0 Å². The molecule has 2 aromatic rings. The lowest BCUT2D eigenvalue weighted by Gasteiger charge is -2.03. The van der Waals surface area contributed by atoms with Gasteiger partial charge in [-0.25, -0.2) is 9.07 Å². The second kappa shape index (κ2) is 5.72. The first-order valence-electron chi connectivity index (χ1n) is 5.70. The molecule has 0 aliphatic heterocycles. The van der Waals surface area contributed by atoms with Gasteiger partial charge in [-0.3, -0.25) is 0 Å². The van der Waals surface area contributed by atoms with Crippen LogP contribution in [-0.4, -0.2) is 9.78 Å². The van der Waals surface area contributed by atoms with Crippen LogP contribution in [-0.2, 0) is 18.8 Å². The number of aryl methyl sites for hydroxylation is 1. The van der Waals surface area contributed by atoms with Crippen molar-refractivity contribution in [2.75, 3.05) is 0 Å². The van der Waals surface area contributed by atoms with E-state index in [-0.39, 0.29) is 5.82 Å². The molecule has 0 bridgehead atoms. The first-order valence-corrected chi connectivity index (χ1v) is 6.61. The topological polar surface area (TPSA) is 17.8 Å². The average Bonchev–Trinajstić information content (AvgIpc) is 2.68. The predicted molar refractivity (Wildman–Crippen MR) is 71.7 cm³/mol. The summed E-state index contributed by atoms with van der Waals surface area (Å²) in [6, 6.07) is 6.30. The molecule has 2 rings (SSSR count). The standard InChI is InChI=1S/C13H13Cl2FN2/c1-2-12-11(7-14)13(15)18(17-12)8-9-3-5-10(16)6-4-9/h3-6H,2,7-8H2,1H3. The van der Waals surface area contributed by atoms with Gasteiger partial charge in [-0.2, -0.15) is 5.10 Å². The van der Waals surface area contributed by atoms with Crippen molar-refractivity contribution >= 4 is 23.2 Å². The van der Waals surface area contributed by atoms with Crippen molar-refractivity contribution in [1.82, 2.24) is 9.78 Å². The van der Waals surface area contributed by atoms with Crippen molar-refractivity contribution in [1.29, 1.82) is 0 Å². The van der Waals surface area contributed by atoms with E-state index in [0.29, 0.717) is 17.6 Å². The molecule has 1 aromatic heterocycles. The zero-order valence-corrected chi connectivity index (χ0v) is 11.5. The number of hydrogen-bond donors (Lipinski definition) is 0. The van der Waals surface area contributed by atoms with Crippen LogP contribution < -0.4 is 0 Å². The van der Waals surface area contributed by atoms with Crippen LogP contribution in [0.2, 0.25) is 5.15 Å². The monoisotopic (exact) mass is 286 g/mol. The fourth-order valence-corrected chi connectivity index (χ4v) is 2.43. The zero-order chi connectivity index (χ0) is 13.1. The van der Waals surface area contributed by atoms with Gasteiger partial charge in [0, 0.05) is 5.56 Å². The van der Waals surface area contributed by atoms with Crippen molar-refractivity contribution in [3.05, 3.63) is 52.1 Å². The summed E-state index contributed by atoms with van der Waals surface area (Å²) in [4.78, 5) is 0. The molecule has 0 saturated heterocycles. The van der Waals surface area contributed by atoms with E-state index in [0.717, 1.165) is 23.2 Å². The number of alkyl halides is 1. The van der Waals surface area contributed by atoms with E-state index in [1.807, 2.05) is 6.92 Å². The number of hydrogen-bond acceptors (Lipinski definition) is 1. The van der Waals surface area contributed by atoms with Crippen molar-refractivity contribution in [3.63, 3.8) is 0 Å². The summed E-state index contributed by atoms with van der Waals surface area (Å²) in [6.07, 6.45) is 0.790. The molecule has 0 atom stereocenters. The molecule has 96 valence electrons. The van der Waals surface area contributed by atoms with E-state index in [1.54, 1.807) is 16.8 Å². The summed E-state index contributed by atoms with van der Waals surface area (Å²) in [5.74, 6) is 0.104. The number of halogens is 3. The van der Waals surface area contributed by atoms with Crippen molar-refractivity contribution in [2.24, 2.45) is 0 Å². The lowest BCUT2D eigenvalue weighted by molar-refractivity contribution is 0.624. The maximum atomic E-state index is 12.8. The van der Waals surface area contributed by atoms with E-state index in [9.17, 15) is 4.39 Å². The van der Waals surface area contributed by atoms with Crippen LogP contribution >= 0.6 is 23.2 Å². The van der Waals surface area contributed by atoms with E-state index >= 15 is 0 Å². The third kappa shape index (κ3) is 2.68. The van der Waals surface area contributed by atoms with E-state index < -0.39 is 0 Å². The SMILES string of the molecule is CCc1nn(Cc2ccc(F)cc2)c(Cl)c1CCl. The van der Waals surface area contributed by atoms with Gasteiger partial charge < -0.3 is 0 Å². The molecule has 2 nitrogen and oxygen atoms in total. The lowest BCUT2D eigenvalue weighted by atomic mass is 10.2. The molecule has 1 heterocycles. The Kier molecular flexibility index (Phi) is 4.25. The van der Waals surface area contributed by atoms with Gasteiger partial charge in [-0.1, -0.05) is 30.7 Å². The Bertz CT molecular complexity index is 535. The number of benzene rings is 1. The van der Waals surface area contributed by atoms with E-state index in [1.165, 1.54) is 12.1 Å². The Hall–Kier alpha value is -1.06. The highest BCUT2D eigenvalue weighted by Crippen LogP contribution is 2.23. The lowest BCUT2D eigenvalue weighted by Crippen LogP contribution is -2.02. The largest absolute Gasteiger partial charge is 0.249 e. The molecule has 0 amide bonds. The average molecular weight is 287 g/mol. The Balaban J connectivity index is 2.29. The minimum Gasteiger partial charge on any atom is -0.249 e. The molecule has 18 heavy (non-hydrogen) atoms. The molecule has 0 aliphatic rings. The molecule has 0 unspecified atom stereocenters. The van der Waals surface area contributed by atoms with Crippen molar-refractivity contribution in [2.45, 2.75) is 25.8 Å². The van der Waals surface area contributed by atoms with Crippen LogP contribution in [0.3, 0.4) is 0 Å². The number of aromatic nitrogens is 2. The molecule has 0 spiro atoms. The number of rotatable bonds is 4.